The molecule has 3 aromatic rings. The zero-order chi connectivity index (χ0) is 14.7. The minimum absolute atomic E-state index is 0.272. The van der Waals surface area contributed by atoms with E-state index >= 15 is 0 Å². The molecule has 0 fully saturated rings. The average molecular weight is 277 g/mol. The lowest BCUT2D eigenvalue weighted by atomic mass is 10.1. The van der Waals surface area contributed by atoms with Crippen molar-refractivity contribution in [2.24, 2.45) is 0 Å². The zero-order valence-corrected chi connectivity index (χ0v) is 11.2. The number of hydrogen-bond acceptors (Lipinski definition) is 2. The second-order valence-electron chi connectivity index (χ2n) is 4.50. The summed E-state index contributed by atoms with van der Waals surface area (Å²) in [5.74, 6) is 2.30. The summed E-state index contributed by atoms with van der Waals surface area (Å²) in [6.07, 6.45) is 7.11. The predicted molar refractivity (Wildman–Crippen MR) is 79.7 cm³/mol. The molecule has 102 valence electrons. The van der Waals surface area contributed by atoms with Crippen LogP contribution in [0.1, 0.15) is 0 Å². The highest BCUT2D eigenvalue weighted by molar-refractivity contribution is 5.67. The van der Waals surface area contributed by atoms with Crippen LogP contribution in [0.15, 0.2) is 54.7 Å². The van der Waals surface area contributed by atoms with E-state index in [0.717, 1.165) is 22.6 Å². The van der Waals surface area contributed by atoms with Gasteiger partial charge in [-0.1, -0.05) is 12.0 Å². The number of terminal acetylenes is 1. The number of rotatable bonds is 3. The van der Waals surface area contributed by atoms with Gasteiger partial charge in [-0.15, -0.1) is 6.42 Å². The van der Waals surface area contributed by atoms with Crippen LogP contribution >= 0.6 is 0 Å². The van der Waals surface area contributed by atoms with E-state index < -0.39 is 0 Å². The van der Waals surface area contributed by atoms with Crippen molar-refractivity contribution in [3.8, 4) is 35.0 Å². The molecule has 0 amide bonds. The standard InChI is InChI=1S/C17H12FN3/c1-2-11-21-17(13-6-8-14(18)9-7-13)12-16(20-21)15-5-3-4-10-19-15/h1,3-10,12H,11H2. The lowest BCUT2D eigenvalue weighted by Gasteiger charge is -2.03. The van der Waals surface area contributed by atoms with Crippen LogP contribution in [0.2, 0.25) is 0 Å². The molecule has 0 aliphatic heterocycles. The van der Waals surface area contributed by atoms with E-state index in [2.05, 4.69) is 16.0 Å². The Balaban J connectivity index is 2.09. The summed E-state index contributed by atoms with van der Waals surface area (Å²) in [5, 5.41) is 4.49. The van der Waals surface area contributed by atoms with Crippen LogP contribution in [0, 0.1) is 18.2 Å². The second-order valence-corrected chi connectivity index (χ2v) is 4.50. The van der Waals surface area contributed by atoms with Crippen molar-refractivity contribution in [3.05, 3.63) is 60.5 Å². The van der Waals surface area contributed by atoms with Crippen molar-refractivity contribution in [1.82, 2.24) is 14.8 Å². The molecule has 0 spiro atoms. The molecule has 0 radical (unpaired) electrons. The second kappa shape index (κ2) is 5.59. The van der Waals surface area contributed by atoms with Crippen LogP contribution in [-0.4, -0.2) is 14.8 Å². The van der Waals surface area contributed by atoms with Gasteiger partial charge in [-0.05, 0) is 42.5 Å². The molecule has 21 heavy (non-hydrogen) atoms. The van der Waals surface area contributed by atoms with Gasteiger partial charge in [-0.2, -0.15) is 5.10 Å². The van der Waals surface area contributed by atoms with Crippen LogP contribution < -0.4 is 0 Å². The molecule has 0 N–H and O–H groups in total. The smallest absolute Gasteiger partial charge is 0.123 e. The van der Waals surface area contributed by atoms with Crippen LogP contribution in [0.3, 0.4) is 0 Å². The van der Waals surface area contributed by atoms with E-state index in [1.807, 2.05) is 24.3 Å². The third-order valence-corrected chi connectivity index (χ3v) is 3.09. The Hall–Kier alpha value is -2.93. The van der Waals surface area contributed by atoms with Crippen LogP contribution in [0.4, 0.5) is 4.39 Å². The summed E-state index contributed by atoms with van der Waals surface area (Å²) in [6, 6.07) is 13.8. The first-order valence-electron chi connectivity index (χ1n) is 6.46. The van der Waals surface area contributed by atoms with Crippen molar-refractivity contribution in [2.45, 2.75) is 6.54 Å². The van der Waals surface area contributed by atoms with Crippen molar-refractivity contribution in [2.75, 3.05) is 0 Å². The minimum atomic E-state index is -0.272. The third-order valence-electron chi connectivity index (χ3n) is 3.09. The first-order chi connectivity index (χ1) is 10.3. The maximum Gasteiger partial charge on any atom is 0.123 e. The maximum atomic E-state index is 13.1. The Bertz CT molecular complexity index is 783. The summed E-state index contributed by atoms with van der Waals surface area (Å²) in [4.78, 5) is 4.28. The van der Waals surface area contributed by atoms with Gasteiger partial charge in [0.05, 0.1) is 11.4 Å². The minimum Gasteiger partial charge on any atom is -0.255 e. The predicted octanol–water partition coefficient (Wildman–Crippen LogP) is 3.38. The maximum absolute atomic E-state index is 13.1. The number of aromatic nitrogens is 3. The largest absolute Gasteiger partial charge is 0.255 e. The lowest BCUT2D eigenvalue weighted by molar-refractivity contribution is 0.628. The quantitative estimate of drug-likeness (QED) is 0.687. The Morgan fingerprint density at radius 1 is 1.10 bits per heavy atom. The molecule has 0 unspecified atom stereocenters. The number of nitrogens with zero attached hydrogens (tertiary/aromatic N) is 3. The molecule has 0 aliphatic rings. The van der Waals surface area contributed by atoms with E-state index in [4.69, 9.17) is 6.42 Å². The zero-order valence-electron chi connectivity index (χ0n) is 11.2. The third kappa shape index (κ3) is 2.67. The van der Waals surface area contributed by atoms with Gasteiger partial charge in [-0.25, -0.2) is 4.39 Å². The molecular weight excluding hydrogens is 265 g/mol. The Morgan fingerprint density at radius 3 is 2.57 bits per heavy atom. The molecular formula is C17H12FN3. The number of halogens is 1. The number of hydrogen-bond donors (Lipinski definition) is 0. The Labute approximate surface area is 122 Å². The summed E-state index contributed by atoms with van der Waals surface area (Å²) < 4.78 is 14.8. The Kier molecular flexibility index (Phi) is 3.48. The lowest BCUT2D eigenvalue weighted by Crippen LogP contribution is -2.00. The van der Waals surface area contributed by atoms with Gasteiger partial charge in [0.25, 0.3) is 0 Å². The number of benzene rings is 1. The van der Waals surface area contributed by atoms with E-state index in [1.165, 1.54) is 12.1 Å². The van der Waals surface area contributed by atoms with Gasteiger partial charge in [0.2, 0.25) is 0 Å². The van der Waals surface area contributed by atoms with E-state index in [0.29, 0.717) is 6.54 Å². The highest BCUT2D eigenvalue weighted by atomic mass is 19.1. The van der Waals surface area contributed by atoms with Gasteiger partial charge in [0.1, 0.15) is 18.1 Å². The van der Waals surface area contributed by atoms with Crippen molar-refractivity contribution < 1.29 is 4.39 Å². The molecule has 3 rings (SSSR count). The summed E-state index contributed by atoms with van der Waals surface area (Å²) >= 11 is 0. The van der Waals surface area contributed by atoms with Crippen LogP contribution in [-0.2, 0) is 6.54 Å². The molecule has 4 heteroatoms. The molecule has 2 aromatic heterocycles. The van der Waals surface area contributed by atoms with Gasteiger partial charge in [0.15, 0.2) is 0 Å². The first-order valence-corrected chi connectivity index (χ1v) is 6.46. The average Bonchev–Trinajstić information content (AvgIpc) is 2.93. The van der Waals surface area contributed by atoms with E-state index in [-0.39, 0.29) is 5.82 Å². The highest BCUT2D eigenvalue weighted by Crippen LogP contribution is 2.25. The van der Waals surface area contributed by atoms with Crippen LogP contribution in [0.25, 0.3) is 22.6 Å². The first kappa shape index (κ1) is 13.1. The Morgan fingerprint density at radius 2 is 1.90 bits per heavy atom. The molecule has 0 saturated heterocycles. The van der Waals surface area contributed by atoms with Gasteiger partial charge in [0, 0.05) is 11.8 Å². The molecule has 0 saturated carbocycles. The van der Waals surface area contributed by atoms with Crippen molar-refractivity contribution in [1.29, 1.82) is 0 Å². The van der Waals surface area contributed by atoms with Gasteiger partial charge >= 0.3 is 0 Å². The molecule has 0 bridgehead atoms. The number of pyridine rings is 1. The summed E-state index contributed by atoms with van der Waals surface area (Å²) in [5.41, 5.74) is 3.22. The molecule has 3 nitrogen and oxygen atoms in total. The summed E-state index contributed by atoms with van der Waals surface area (Å²) in [7, 11) is 0. The molecule has 1 aromatic carbocycles. The fourth-order valence-electron chi connectivity index (χ4n) is 2.12. The fourth-order valence-corrected chi connectivity index (χ4v) is 2.12. The topological polar surface area (TPSA) is 30.7 Å². The SMILES string of the molecule is C#CCn1nc(-c2ccccn2)cc1-c1ccc(F)cc1. The fraction of sp³-hybridized carbons (Fsp3) is 0.0588. The summed E-state index contributed by atoms with van der Waals surface area (Å²) in [6.45, 7) is 0.347. The highest BCUT2D eigenvalue weighted by Gasteiger charge is 2.11. The monoisotopic (exact) mass is 277 g/mol. The molecule has 0 aliphatic carbocycles. The van der Waals surface area contributed by atoms with Gasteiger partial charge < -0.3 is 0 Å². The van der Waals surface area contributed by atoms with Crippen molar-refractivity contribution in [3.63, 3.8) is 0 Å². The normalized spacial score (nSPS) is 10.3. The molecule has 2 heterocycles. The van der Waals surface area contributed by atoms with Crippen molar-refractivity contribution >= 4 is 0 Å². The van der Waals surface area contributed by atoms with E-state index in [1.54, 1.807) is 23.0 Å². The van der Waals surface area contributed by atoms with Gasteiger partial charge in [-0.3, -0.25) is 9.67 Å². The van der Waals surface area contributed by atoms with E-state index in [9.17, 15) is 4.39 Å². The molecule has 0 atom stereocenters. The van der Waals surface area contributed by atoms with Crippen LogP contribution in [0.5, 0.6) is 0 Å².